The Morgan fingerprint density at radius 3 is 2.59 bits per heavy atom. The minimum Gasteiger partial charge on any atom is -0.356 e. The molecular weight excluding hydrogens is 360 g/mol. The summed E-state index contributed by atoms with van der Waals surface area (Å²) >= 11 is 0. The van der Waals surface area contributed by atoms with Crippen molar-refractivity contribution in [3.8, 4) is 0 Å². The second-order valence-electron chi connectivity index (χ2n) is 8.02. The lowest BCUT2D eigenvalue weighted by Crippen LogP contribution is -2.36. The zero-order chi connectivity index (χ0) is 19.8. The molecule has 1 aromatic carbocycles. The Morgan fingerprint density at radius 1 is 0.966 bits per heavy atom. The third kappa shape index (κ3) is 3.27. The van der Waals surface area contributed by atoms with Gasteiger partial charge in [0.25, 0.3) is 5.91 Å². The van der Waals surface area contributed by atoms with Crippen molar-refractivity contribution in [2.24, 2.45) is 11.8 Å². The third-order valence-electron chi connectivity index (χ3n) is 6.17. The molecule has 0 radical (unpaired) electrons. The number of aryl methyl sites for hydroxylation is 1. The van der Waals surface area contributed by atoms with E-state index in [1.807, 2.05) is 31.2 Å². The monoisotopic (exact) mass is 384 g/mol. The average Bonchev–Trinajstić information content (AvgIpc) is 3.32. The van der Waals surface area contributed by atoms with Crippen LogP contribution in [-0.2, 0) is 0 Å². The van der Waals surface area contributed by atoms with Crippen molar-refractivity contribution < 1.29 is 4.79 Å². The molecule has 146 valence electrons. The zero-order valence-corrected chi connectivity index (χ0v) is 16.5. The number of fused-ring (bicyclic) bond motifs is 1. The first-order valence-electron chi connectivity index (χ1n) is 10.2. The number of nitrogens with zero attached hydrogens (tertiary/aromatic N) is 4. The van der Waals surface area contributed by atoms with Crippen molar-refractivity contribution in [2.75, 3.05) is 24.5 Å². The molecule has 0 spiro atoms. The molecule has 5 nitrogen and oxygen atoms in total. The molecule has 2 aliphatic rings. The zero-order valence-electron chi connectivity index (χ0n) is 16.5. The van der Waals surface area contributed by atoms with Gasteiger partial charge in [-0.3, -0.25) is 9.78 Å². The number of carbonyl (C=O) groups is 1. The van der Waals surface area contributed by atoms with Crippen LogP contribution >= 0.6 is 0 Å². The summed E-state index contributed by atoms with van der Waals surface area (Å²) in [6.45, 7) is 4.64. The summed E-state index contributed by atoms with van der Waals surface area (Å²) in [5.41, 5.74) is 2.90. The molecule has 0 bridgehead atoms. The van der Waals surface area contributed by atoms with Gasteiger partial charge in [0.2, 0.25) is 0 Å². The van der Waals surface area contributed by atoms with E-state index in [9.17, 15) is 4.79 Å². The summed E-state index contributed by atoms with van der Waals surface area (Å²) in [5.74, 6) is 1.93. The van der Waals surface area contributed by atoms with E-state index >= 15 is 0 Å². The highest BCUT2D eigenvalue weighted by Crippen LogP contribution is 2.46. The minimum atomic E-state index is 0.0709. The fourth-order valence-corrected chi connectivity index (χ4v) is 4.88. The van der Waals surface area contributed by atoms with Crippen LogP contribution in [0.2, 0.25) is 0 Å². The predicted molar refractivity (Wildman–Crippen MR) is 113 cm³/mol. The van der Waals surface area contributed by atoms with Crippen molar-refractivity contribution in [2.45, 2.75) is 13.0 Å². The highest BCUT2D eigenvalue weighted by Gasteiger charge is 2.49. The smallest absolute Gasteiger partial charge is 0.255 e. The largest absolute Gasteiger partial charge is 0.356 e. The molecular formula is C24H24N4O. The Kier molecular flexibility index (Phi) is 4.51. The van der Waals surface area contributed by atoms with Crippen LogP contribution in [0.4, 0.5) is 5.82 Å². The van der Waals surface area contributed by atoms with E-state index in [1.54, 1.807) is 12.4 Å². The Balaban J connectivity index is 1.46. The Bertz CT molecular complexity index is 1010. The van der Waals surface area contributed by atoms with Crippen LogP contribution in [0.25, 0.3) is 0 Å². The Hall–Kier alpha value is -3.21. The molecule has 0 N–H and O–H groups in total. The average molecular weight is 384 g/mol. The summed E-state index contributed by atoms with van der Waals surface area (Å²) in [7, 11) is 0. The van der Waals surface area contributed by atoms with Gasteiger partial charge in [-0.2, -0.15) is 0 Å². The molecule has 3 aromatic rings. The van der Waals surface area contributed by atoms with Gasteiger partial charge in [-0.25, -0.2) is 4.98 Å². The first kappa shape index (κ1) is 17.9. The van der Waals surface area contributed by atoms with Crippen LogP contribution in [-0.4, -0.2) is 40.4 Å². The summed E-state index contributed by atoms with van der Waals surface area (Å²) < 4.78 is 0. The molecule has 5 heteroatoms. The van der Waals surface area contributed by atoms with E-state index in [0.717, 1.165) is 31.1 Å². The van der Waals surface area contributed by atoms with Crippen molar-refractivity contribution in [3.05, 3.63) is 89.9 Å². The van der Waals surface area contributed by atoms with E-state index in [0.29, 0.717) is 17.4 Å². The van der Waals surface area contributed by atoms with Gasteiger partial charge in [-0.1, -0.05) is 36.4 Å². The number of likely N-dealkylation sites (tertiary alicyclic amines) is 1. The van der Waals surface area contributed by atoms with E-state index in [-0.39, 0.29) is 11.9 Å². The second-order valence-corrected chi connectivity index (χ2v) is 8.02. The van der Waals surface area contributed by atoms with Gasteiger partial charge in [0.15, 0.2) is 0 Å². The lowest BCUT2D eigenvalue weighted by Gasteiger charge is -2.30. The topological polar surface area (TPSA) is 49.3 Å². The fraction of sp³-hybridized carbons (Fsp3) is 0.292. The van der Waals surface area contributed by atoms with Crippen LogP contribution < -0.4 is 4.90 Å². The molecule has 2 saturated heterocycles. The van der Waals surface area contributed by atoms with E-state index in [2.05, 4.69) is 51.2 Å². The summed E-state index contributed by atoms with van der Waals surface area (Å²) in [6.07, 6.45) is 3.37. The lowest BCUT2D eigenvalue weighted by atomic mass is 9.89. The van der Waals surface area contributed by atoms with Crippen molar-refractivity contribution in [1.29, 1.82) is 0 Å². The maximum absolute atomic E-state index is 13.3. The van der Waals surface area contributed by atoms with Gasteiger partial charge in [0, 0.05) is 49.6 Å². The maximum Gasteiger partial charge on any atom is 0.255 e. The number of pyridine rings is 2. The summed E-state index contributed by atoms with van der Waals surface area (Å²) in [5, 5.41) is 0. The highest BCUT2D eigenvalue weighted by molar-refractivity contribution is 5.94. The fourth-order valence-electron chi connectivity index (χ4n) is 4.88. The van der Waals surface area contributed by atoms with E-state index < -0.39 is 0 Å². The van der Waals surface area contributed by atoms with Crippen LogP contribution in [0.3, 0.4) is 0 Å². The van der Waals surface area contributed by atoms with Crippen LogP contribution in [0, 0.1) is 18.8 Å². The SMILES string of the molecule is Cc1cccc(N2C[C@H]3CN(C(=O)c4cccnc4)[C@H](c4ccccc4)[C@H]3C2)n1. The molecule has 2 aliphatic heterocycles. The van der Waals surface area contributed by atoms with Gasteiger partial charge in [-0.05, 0) is 36.8 Å². The molecule has 3 atom stereocenters. The number of anilines is 1. The van der Waals surface area contributed by atoms with Crippen molar-refractivity contribution in [3.63, 3.8) is 0 Å². The van der Waals surface area contributed by atoms with Crippen molar-refractivity contribution in [1.82, 2.24) is 14.9 Å². The third-order valence-corrected chi connectivity index (χ3v) is 6.17. The minimum absolute atomic E-state index is 0.0709. The van der Waals surface area contributed by atoms with Gasteiger partial charge in [0.1, 0.15) is 5.82 Å². The van der Waals surface area contributed by atoms with Gasteiger partial charge < -0.3 is 9.80 Å². The van der Waals surface area contributed by atoms with Crippen LogP contribution in [0.15, 0.2) is 73.1 Å². The normalized spacial score (nSPS) is 23.3. The summed E-state index contributed by atoms with van der Waals surface area (Å²) in [4.78, 5) is 26.6. The van der Waals surface area contributed by atoms with Gasteiger partial charge >= 0.3 is 0 Å². The number of amides is 1. The second kappa shape index (κ2) is 7.32. The first-order chi connectivity index (χ1) is 14.2. The quantitative estimate of drug-likeness (QED) is 0.690. The van der Waals surface area contributed by atoms with E-state index in [4.69, 9.17) is 4.98 Å². The highest BCUT2D eigenvalue weighted by atomic mass is 16.2. The van der Waals surface area contributed by atoms with Crippen molar-refractivity contribution >= 4 is 11.7 Å². The lowest BCUT2D eigenvalue weighted by molar-refractivity contribution is 0.0715. The number of benzene rings is 1. The number of hydrogen-bond donors (Lipinski definition) is 0. The molecule has 5 rings (SSSR count). The molecule has 29 heavy (non-hydrogen) atoms. The number of carbonyl (C=O) groups excluding carboxylic acids is 1. The predicted octanol–water partition coefficient (Wildman–Crippen LogP) is 3.73. The Labute approximate surface area is 171 Å². The molecule has 2 fully saturated rings. The van der Waals surface area contributed by atoms with Crippen LogP contribution in [0.5, 0.6) is 0 Å². The van der Waals surface area contributed by atoms with Gasteiger partial charge in [0.05, 0.1) is 11.6 Å². The van der Waals surface area contributed by atoms with Gasteiger partial charge in [-0.15, -0.1) is 0 Å². The molecule has 0 saturated carbocycles. The standard InChI is InChI=1S/C24H24N4O/c1-17-7-5-11-22(26-17)27-14-20-15-28(24(29)19-10-6-12-25-13-19)23(21(20)16-27)18-8-3-2-4-9-18/h2-13,20-21,23H,14-16H2,1H3/t20-,21-,23+/m0/s1. The number of rotatable bonds is 3. The molecule has 0 unspecified atom stereocenters. The summed E-state index contributed by atoms with van der Waals surface area (Å²) in [6, 6.07) is 20.4. The molecule has 1 amide bonds. The molecule has 4 heterocycles. The maximum atomic E-state index is 13.3. The molecule has 0 aliphatic carbocycles. The first-order valence-corrected chi connectivity index (χ1v) is 10.2. The number of aromatic nitrogens is 2. The van der Waals surface area contributed by atoms with E-state index in [1.165, 1.54) is 5.56 Å². The van der Waals surface area contributed by atoms with Crippen LogP contribution in [0.1, 0.15) is 27.7 Å². The molecule has 2 aromatic heterocycles. The number of hydrogen-bond acceptors (Lipinski definition) is 4. The Morgan fingerprint density at radius 2 is 1.83 bits per heavy atom.